The molecule has 21 heavy (non-hydrogen) atoms. The fourth-order valence-corrected chi connectivity index (χ4v) is 2.93. The van der Waals surface area contributed by atoms with Crippen molar-refractivity contribution in [1.82, 2.24) is 0 Å². The molecule has 0 fully saturated rings. The number of anilines is 1. The first-order chi connectivity index (χ1) is 10.1. The highest BCUT2D eigenvalue weighted by Crippen LogP contribution is 2.22. The molecule has 3 nitrogen and oxygen atoms in total. The number of amides is 1. The third-order valence-electron chi connectivity index (χ3n) is 2.63. The van der Waals surface area contributed by atoms with Crippen molar-refractivity contribution in [3.05, 3.63) is 58.6 Å². The monoisotopic (exact) mass is 380 g/mol. The zero-order chi connectivity index (χ0) is 15.2. The Morgan fingerprint density at radius 1 is 1.24 bits per heavy atom. The smallest absolute Gasteiger partial charge is 0.234 e. The van der Waals surface area contributed by atoms with Crippen molar-refractivity contribution in [1.29, 1.82) is 0 Å². The van der Waals surface area contributed by atoms with Crippen LogP contribution in [0.3, 0.4) is 0 Å². The van der Waals surface area contributed by atoms with Crippen LogP contribution in [0.4, 0.5) is 5.69 Å². The number of thioether (sulfide) groups is 1. The summed E-state index contributed by atoms with van der Waals surface area (Å²) in [6.45, 7) is 0. The number of hydrogen-bond acceptors (Lipinski definition) is 3. The Bertz CT molecular complexity index is 662. The second-order valence-corrected chi connectivity index (χ2v) is 6.61. The highest BCUT2D eigenvalue weighted by molar-refractivity contribution is 9.10. The normalized spacial score (nSPS) is 10.1. The molecule has 3 N–H and O–H groups in total. The van der Waals surface area contributed by atoms with E-state index in [9.17, 15) is 4.79 Å². The molecule has 2 rings (SSSR count). The number of benzene rings is 2. The van der Waals surface area contributed by atoms with Crippen LogP contribution in [0.25, 0.3) is 0 Å². The molecule has 0 aliphatic rings. The molecule has 0 unspecified atom stereocenters. The number of rotatable bonds is 5. The molecule has 0 atom stereocenters. The minimum atomic E-state index is -0.0938. The number of hydrogen-bond donors (Lipinski definition) is 2. The molecule has 108 valence electrons. The van der Waals surface area contributed by atoms with Crippen molar-refractivity contribution < 1.29 is 4.79 Å². The zero-order valence-corrected chi connectivity index (χ0v) is 14.2. The van der Waals surface area contributed by atoms with Gasteiger partial charge in [-0.2, -0.15) is 0 Å². The van der Waals surface area contributed by atoms with Crippen LogP contribution < -0.4 is 11.1 Å². The lowest BCUT2D eigenvalue weighted by molar-refractivity contribution is -0.113. The first kappa shape index (κ1) is 16.0. The van der Waals surface area contributed by atoms with Crippen LogP contribution in [-0.4, -0.2) is 16.6 Å². The van der Waals surface area contributed by atoms with Gasteiger partial charge in [-0.05, 0) is 30.3 Å². The Hall–Kier alpha value is -1.37. The Kier molecular flexibility index (Phi) is 5.78. The summed E-state index contributed by atoms with van der Waals surface area (Å²) in [6, 6.07) is 15.2. The van der Waals surface area contributed by atoms with E-state index in [2.05, 4.69) is 21.2 Å². The van der Waals surface area contributed by atoms with Gasteiger partial charge in [-0.15, -0.1) is 11.8 Å². The lowest BCUT2D eigenvalue weighted by Crippen LogP contribution is -2.18. The molecule has 6 heteroatoms. The molecule has 0 saturated carbocycles. The summed E-state index contributed by atoms with van der Waals surface area (Å²) in [5, 5.41) is 2.84. The first-order valence-corrected chi connectivity index (χ1v) is 8.32. The number of nitrogens with two attached hydrogens (primary N) is 1. The van der Waals surface area contributed by atoms with Gasteiger partial charge in [0.15, 0.2) is 0 Å². The molecule has 2 aromatic rings. The molecule has 0 radical (unpaired) electrons. The van der Waals surface area contributed by atoms with E-state index in [1.807, 2.05) is 36.4 Å². The Morgan fingerprint density at radius 2 is 1.95 bits per heavy atom. The summed E-state index contributed by atoms with van der Waals surface area (Å²) in [4.78, 5) is 13.3. The van der Waals surface area contributed by atoms with Gasteiger partial charge in [-0.1, -0.05) is 46.3 Å². The Balaban J connectivity index is 2.01. The number of thiocarbonyl (C=S) groups is 1. The third kappa shape index (κ3) is 4.84. The second kappa shape index (κ2) is 7.59. The molecule has 0 aliphatic carbocycles. The number of carbonyl (C=O) groups excluding carboxylic acids is 1. The molecular formula is C15H13BrN2OS2. The topological polar surface area (TPSA) is 55.1 Å². The van der Waals surface area contributed by atoms with E-state index in [1.165, 1.54) is 11.8 Å². The van der Waals surface area contributed by atoms with Crippen LogP contribution in [0, 0.1) is 0 Å². The maximum absolute atomic E-state index is 12.0. The van der Waals surface area contributed by atoms with Crippen molar-refractivity contribution in [3.8, 4) is 0 Å². The van der Waals surface area contributed by atoms with Crippen LogP contribution in [0.1, 0.15) is 5.56 Å². The zero-order valence-electron chi connectivity index (χ0n) is 11.0. The van der Waals surface area contributed by atoms with Crippen LogP contribution in [0.15, 0.2) is 57.9 Å². The molecular weight excluding hydrogens is 368 g/mol. The van der Waals surface area contributed by atoms with Gasteiger partial charge in [0.25, 0.3) is 0 Å². The van der Waals surface area contributed by atoms with E-state index in [4.69, 9.17) is 18.0 Å². The SMILES string of the molecule is NC(=S)c1cc(Br)ccc1NC(=O)CSc1ccccc1. The summed E-state index contributed by atoms with van der Waals surface area (Å²) < 4.78 is 0.863. The van der Waals surface area contributed by atoms with E-state index in [1.54, 1.807) is 12.1 Å². The molecule has 1 amide bonds. The lowest BCUT2D eigenvalue weighted by atomic mass is 10.2. The van der Waals surface area contributed by atoms with E-state index >= 15 is 0 Å². The largest absolute Gasteiger partial charge is 0.389 e. The van der Waals surface area contributed by atoms with Gasteiger partial charge in [0, 0.05) is 14.9 Å². The van der Waals surface area contributed by atoms with Crippen LogP contribution in [0.5, 0.6) is 0 Å². The molecule has 0 aromatic heterocycles. The number of halogens is 1. The van der Waals surface area contributed by atoms with Gasteiger partial charge in [0.05, 0.1) is 11.4 Å². The van der Waals surface area contributed by atoms with Crippen LogP contribution in [-0.2, 0) is 4.79 Å². The maximum atomic E-state index is 12.0. The fourth-order valence-electron chi connectivity index (χ4n) is 1.68. The number of nitrogens with one attached hydrogen (secondary N) is 1. The van der Waals surface area contributed by atoms with E-state index in [-0.39, 0.29) is 10.9 Å². The van der Waals surface area contributed by atoms with Crippen molar-refractivity contribution in [2.24, 2.45) is 5.73 Å². The minimum Gasteiger partial charge on any atom is -0.389 e. The van der Waals surface area contributed by atoms with Gasteiger partial charge in [0.1, 0.15) is 4.99 Å². The quantitative estimate of drug-likeness (QED) is 0.611. The van der Waals surface area contributed by atoms with E-state index in [0.717, 1.165) is 9.37 Å². The highest BCUT2D eigenvalue weighted by atomic mass is 79.9. The molecule has 2 aromatic carbocycles. The lowest BCUT2D eigenvalue weighted by Gasteiger charge is -2.10. The van der Waals surface area contributed by atoms with Crippen molar-refractivity contribution in [3.63, 3.8) is 0 Å². The van der Waals surface area contributed by atoms with Crippen LogP contribution >= 0.6 is 39.9 Å². The first-order valence-electron chi connectivity index (χ1n) is 6.13. The van der Waals surface area contributed by atoms with Gasteiger partial charge in [0.2, 0.25) is 5.91 Å². The van der Waals surface area contributed by atoms with Crippen molar-refractivity contribution in [2.45, 2.75) is 4.90 Å². The van der Waals surface area contributed by atoms with E-state index < -0.39 is 0 Å². The standard InChI is InChI=1S/C15H13BrN2OS2/c16-10-6-7-13(12(8-10)15(17)20)18-14(19)9-21-11-4-2-1-3-5-11/h1-8H,9H2,(H2,17,20)(H,18,19). The summed E-state index contributed by atoms with van der Waals surface area (Å²) in [7, 11) is 0. The number of carbonyl (C=O) groups is 1. The van der Waals surface area contributed by atoms with E-state index in [0.29, 0.717) is 17.0 Å². The summed E-state index contributed by atoms with van der Waals surface area (Å²) in [6.07, 6.45) is 0. The summed E-state index contributed by atoms with van der Waals surface area (Å²) >= 11 is 9.84. The highest BCUT2D eigenvalue weighted by Gasteiger charge is 2.10. The maximum Gasteiger partial charge on any atom is 0.234 e. The Labute approximate surface area is 141 Å². The van der Waals surface area contributed by atoms with Gasteiger partial charge < -0.3 is 11.1 Å². The molecule has 0 aliphatic heterocycles. The van der Waals surface area contributed by atoms with Crippen LogP contribution in [0.2, 0.25) is 0 Å². The predicted octanol–water partition coefficient (Wildman–Crippen LogP) is 3.81. The molecule has 0 spiro atoms. The van der Waals surface area contributed by atoms with Crippen molar-refractivity contribution in [2.75, 3.05) is 11.1 Å². The summed E-state index contributed by atoms with van der Waals surface area (Å²) in [5.41, 5.74) is 6.96. The second-order valence-electron chi connectivity index (χ2n) is 4.20. The predicted molar refractivity (Wildman–Crippen MR) is 95.8 cm³/mol. The molecule has 0 heterocycles. The van der Waals surface area contributed by atoms with Gasteiger partial charge in [-0.25, -0.2) is 0 Å². The van der Waals surface area contributed by atoms with Gasteiger partial charge >= 0.3 is 0 Å². The average Bonchev–Trinajstić information content (AvgIpc) is 2.48. The fraction of sp³-hybridized carbons (Fsp3) is 0.0667. The summed E-state index contributed by atoms with van der Waals surface area (Å²) in [5.74, 6) is 0.236. The minimum absolute atomic E-state index is 0.0938. The third-order valence-corrected chi connectivity index (χ3v) is 4.36. The Morgan fingerprint density at radius 3 is 2.62 bits per heavy atom. The molecule has 0 saturated heterocycles. The van der Waals surface area contributed by atoms with Gasteiger partial charge in [-0.3, -0.25) is 4.79 Å². The molecule has 0 bridgehead atoms. The average molecular weight is 381 g/mol. The van der Waals surface area contributed by atoms with Crippen molar-refractivity contribution >= 4 is 56.5 Å².